The Morgan fingerprint density at radius 2 is 2.00 bits per heavy atom. The summed E-state index contributed by atoms with van der Waals surface area (Å²) in [5.41, 5.74) is 0.790. The van der Waals surface area contributed by atoms with Gasteiger partial charge in [-0.15, -0.1) is 0 Å². The molecule has 1 amide bonds. The molecule has 2 N–H and O–H groups in total. The number of rotatable bonds is 6. The van der Waals surface area contributed by atoms with Crippen LogP contribution < -0.4 is 10.1 Å². The van der Waals surface area contributed by atoms with Crippen LogP contribution in [0.2, 0.25) is 0 Å². The van der Waals surface area contributed by atoms with Crippen molar-refractivity contribution in [1.29, 1.82) is 0 Å². The van der Waals surface area contributed by atoms with E-state index in [1.165, 1.54) is 24.3 Å². The lowest BCUT2D eigenvalue weighted by Gasteiger charge is -2.11. The number of nitrogens with one attached hydrogen (secondary N) is 1. The molecule has 0 spiro atoms. The molecule has 0 unspecified atom stereocenters. The first-order chi connectivity index (χ1) is 11.9. The van der Waals surface area contributed by atoms with E-state index >= 15 is 0 Å². The number of carbonyl (C=O) groups excluding carboxylic acids is 1. The molecule has 7 heteroatoms. The van der Waals surface area contributed by atoms with Crippen molar-refractivity contribution in [3.05, 3.63) is 57.8 Å². The summed E-state index contributed by atoms with van der Waals surface area (Å²) in [5.74, 6) is -1.77. The molecule has 0 aliphatic heterocycles. The first-order valence-electron chi connectivity index (χ1n) is 7.69. The summed E-state index contributed by atoms with van der Waals surface area (Å²) in [6.07, 6.45) is 1.66. The van der Waals surface area contributed by atoms with Crippen molar-refractivity contribution in [3.8, 4) is 5.75 Å². The van der Waals surface area contributed by atoms with Crippen LogP contribution in [0, 0.1) is 11.7 Å². The highest BCUT2D eigenvalue weighted by molar-refractivity contribution is 9.10. The third kappa shape index (κ3) is 4.36. The molecule has 2 aromatic carbocycles. The number of hydrogen-bond donors (Lipinski definition) is 2. The number of hydrogen-bond acceptors (Lipinski definition) is 3. The van der Waals surface area contributed by atoms with Gasteiger partial charge in [0.25, 0.3) is 0 Å². The Hall–Kier alpha value is -2.41. The van der Waals surface area contributed by atoms with Gasteiger partial charge in [0.1, 0.15) is 6.61 Å². The average Bonchev–Trinajstić information content (AvgIpc) is 3.40. The Balaban J connectivity index is 1.74. The van der Waals surface area contributed by atoms with E-state index in [4.69, 9.17) is 4.74 Å². The Bertz CT molecular complexity index is 836. The number of amides is 1. The van der Waals surface area contributed by atoms with Crippen molar-refractivity contribution >= 4 is 33.5 Å². The molecular formula is C18H15BrFNO4. The number of ether oxygens (including phenoxy) is 1. The number of carboxylic acids is 1. The number of halogens is 2. The van der Waals surface area contributed by atoms with Gasteiger partial charge in [-0.3, -0.25) is 4.79 Å². The monoisotopic (exact) mass is 407 g/mol. The molecule has 1 fully saturated rings. The Labute approximate surface area is 151 Å². The SMILES string of the molecule is O=C(O)c1cc(COc2ccc(Br)cc2F)ccc1NC(=O)C1CC1. The van der Waals surface area contributed by atoms with E-state index in [1.54, 1.807) is 12.1 Å². The topological polar surface area (TPSA) is 75.6 Å². The van der Waals surface area contributed by atoms with E-state index in [9.17, 15) is 19.1 Å². The van der Waals surface area contributed by atoms with Crippen LogP contribution in [0.15, 0.2) is 40.9 Å². The Morgan fingerprint density at radius 1 is 1.24 bits per heavy atom. The molecule has 2 aromatic rings. The number of carboxylic acid groups (broad SMARTS) is 1. The van der Waals surface area contributed by atoms with Gasteiger partial charge in [-0.05, 0) is 48.7 Å². The molecule has 3 rings (SSSR count). The van der Waals surface area contributed by atoms with Crippen molar-refractivity contribution in [2.75, 3.05) is 5.32 Å². The van der Waals surface area contributed by atoms with Crippen LogP contribution >= 0.6 is 15.9 Å². The maximum Gasteiger partial charge on any atom is 0.337 e. The third-order valence-corrected chi connectivity index (χ3v) is 4.30. The zero-order valence-electron chi connectivity index (χ0n) is 13.1. The fraction of sp³-hybridized carbons (Fsp3) is 0.222. The molecule has 0 aromatic heterocycles. The minimum atomic E-state index is -1.15. The molecule has 0 bridgehead atoms. The molecule has 130 valence electrons. The second kappa shape index (κ2) is 7.23. The third-order valence-electron chi connectivity index (χ3n) is 3.81. The number of anilines is 1. The van der Waals surface area contributed by atoms with Crippen molar-refractivity contribution in [2.45, 2.75) is 19.4 Å². The van der Waals surface area contributed by atoms with Crippen LogP contribution in [0.25, 0.3) is 0 Å². The molecule has 0 saturated heterocycles. The molecule has 25 heavy (non-hydrogen) atoms. The van der Waals surface area contributed by atoms with Crippen molar-refractivity contribution in [1.82, 2.24) is 0 Å². The highest BCUT2D eigenvalue weighted by atomic mass is 79.9. The standard InChI is InChI=1S/C18H15BrFNO4/c19-12-4-6-16(14(20)8-12)25-9-10-1-5-15(13(7-10)18(23)24)21-17(22)11-2-3-11/h1,4-8,11H,2-3,9H2,(H,21,22)(H,23,24). The molecule has 0 radical (unpaired) electrons. The maximum atomic E-state index is 13.8. The molecule has 1 aliphatic rings. The summed E-state index contributed by atoms with van der Waals surface area (Å²) in [7, 11) is 0. The largest absolute Gasteiger partial charge is 0.486 e. The van der Waals surface area contributed by atoms with Crippen molar-refractivity contribution in [2.24, 2.45) is 5.92 Å². The van der Waals surface area contributed by atoms with Crippen molar-refractivity contribution < 1.29 is 23.8 Å². The van der Waals surface area contributed by atoms with Crippen LogP contribution in [-0.4, -0.2) is 17.0 Å². The minimum absolute atomic E-state index is 0.00961. The first kappa shape index (κ1) is 17.4. The average molecular weight is 408 g/mol. The number of carbonyl (C=O) groups is 2. The molecule has 0 heterocycles. The highest BCUT2D eigenvalue weighted by Crippen LogP contribution is 2.31. The van der Waals surface area contributed by atoms with Crippen LogP contribution in [0.1, 0.15) is 28.8 Å². The zero-order chi connectivity index (χ0) is 18.0. The van der Waals surface area contributed by atoms with Gasteiger partial charge in [-0.2, -0.15) is 0 Å². The van der Waals surface area contributed by atoms with Crippen LogP contribution in [0.3, 0.4) is 0 Å². The first-order valence-corrected chi connectivity index (χ1v) is 8.48. The lowest BCUT2D eigenvalue weighted by Crippen LogP contribution is -2.16. The van der Waals surface area contributed by atoms with E-state index in [-0.39, 0.29) is 35.4 Å². The fourth-order valence-corrected chi connectivity index (χ4v) is 2.63. The van der Waals surface area contributed by atoms with E-state index in [2.05, 4.69) is 21.2 Å². The summed E-state index contributed by atoms with van der Waals surface area (Å²) in [6.45, 7) is 0.00961. The number of aromatic carboxylic acids is 1. The summed E-state index contributed by atoms with van der Waals surface area (Å²) in [5, 5.41) is 12.0. The zero-order valence-corrected chi connectivity index (χ0v) is 14.7. The van der Waals surface area contributed by atoms with E-state index in [0.717, 1.165) is 12.8 Å². The summed E-state index contributed by atoms with van der Waals surface area (Å²) in [4.78, 5) is 23.3. The normalized spacial score (nSPS) is 13.4. The summed E-state index contributed by atoms with van der Waals surface area (Å²) < 4.78 is 19.8. The molecular weight excluding hydrogens is 393 g/mol. The second-order valence-corrected chi connectivity index (χ2v) is 6.73. The van der Waals surface area contributed by atoms with Crippen molar-refractivity contribution in [3.63, 3.8) is 0 Å². The predicted molar refractivity (Wildman–Crippen MR) is 93.2 cm³/mol. The van der Waals surface area contributed by atoms with E-state index in [1.807, 2.05) is 0 Å². The Morgan fingerprint density at radius 3 is 2.64 bits per heavy atom. The van der Waals surface area contributed by atoms with Gasteiger partial charge < -0.3 is 15.2 Å². The van der Waals surface area contributed by atoms with Gasteiger partial charge in [0, 0.05) is 10.4 Å². The van der Waals surface area contributed by atoms with Crippen LogP contribution in [-0.2, 0) is 11.4 Å². The van der Waals surface area contributed by atoms with E-state index < -0.39 is 11.8 Å². The Kier molecular flexibility index (Phi) is 5.03. The molecule has 1 saturated carbocycles. The second-order valence-electron chi connectivity index (χ2n) is 5.81. The predicted octanol–water partition coefficient (Wildman–Crippen LogP) is 4.21. The minimum Gasteiger partial charge on any atom is -0.486 e. The van der Waals surface area contributed by atoms with Gasteiger partial charge in [0.15, 0.2) is 11.6 Å². The van der Waals surface area contributed by atoms with Gasteiger partial charge in [0.05, 0.1) is 11.3 Å². The molecule has 1 aliphatic carbocycles. The lowest BCUT2D eigenvalue weighted by molar-refractivity contribution is -0.117. The molecule has 5 nitrogen and oxygen atoms in total. The number of benzene rings is 2. The maximum absolute atomic E-state index is 13.8. The van der Waals surface area contributed by atoms with Crippen LogP contribution in [0.5, 0.6) is 5.75 Å². The summed E-state index contributed by atoms with van der Waals surface area (Å²) in [6, 6.07) is 9.02. The lowest BCUT2D eigenvalue weighted by atomic mass is 10.1. The van der Waals surface area contributed by atoms with Gasteiger partial charge >= 0.3 is 5.97 Å². The quantitative estimate of drug-likeness (QED) is 0.751. The van der Waals surface area contributed by atoms with Gasteiger partial charge in [-0.1, -0.05) is 22.0 Å². The molecule has 0 atom stereocenters. The van der Waals surface area contributed by atoms with E-state index in [0.29, 0.717) is 10.0 Å². The highest BCUT2D eigenvalue weighted by Gasteiger charge is 2.30. The smallest absolute Gasteiger partial charge is 0.337 e. The fourth-order valence-electron chi connectivity index (χ4n) is 2.30. The van der Waals surface area contributed by atoms with Gasteiger partial charge in [0.2, 0.25) is 5.91 Å². The van der Waals surface area contributed by atoms with Crippen LogP contribution in [0.4, 0.5) is 10.1 Å². The summed E-state index contributed by atoms with van der Waals surface area (Å²) >= 11 is 3.16. The van der Waals surface area contributed by atoms with Gasteiger partial charge in [-0.25, -0.2) is 9.18 Å².